The maximum Gasteiger partial charge on any atom is 0.264 e. The lowest BCUT2D eigenvalue weighted by atomic mass is 10.2. The largest absolute Gasteiger partial charge is 0.351 e. The van der Waals surface area contributed by atoms with Crippen LogP contribution in [0.2, 0.25) is 0 Å². The minimum atomic E-state index is -0.110. The third-order valence-electron chi connectivity index (χ3n) is 1.62. The Labute approximate surface area is 86.9 Å². The predicted octanol–water partition coefficient (Wildman–Crippen LogP) is 1.07. The van der Waals surface area contributed by atoms with Crippen LogP contribution >= 0.6 is 11.5 Å². The Morgan fingerprint density at radius 1 is 1.64 bits per heavy atom. The van der Waals surface area contributed by atoms with Crippen LogP contribution in [0.5, 0.6) is 0 Å². The summed E-state index contributed by atoms with van der Waals surface area (Å²) in [6.07, 6.45) is 9.16. The summed E-state index contributed by atoms with van der Waals surface area (Å²) in [4.78, 5) is 11.9. The van der Waals surface area contributed by atoms with Gasteiger partial charge in [-0.2, -0.15) is 0 Å². The molecule has 1 aromatic rings. The van der Waals surface area contributed by atoms with Gasteiger partial charge in [-0.05, 0) is 24.4 Å². The number of nitrogens with one attached hydrogen (secondary N) is 1. The minimum Gasteiger partial charge on any atom is -0.351 e. The Bertz CT molecular complexity index is 315. The first-order valence-electron chi connectivity index (χ1n) is 4.33. The fourth-order valence-electron chi connectivity index (χ4n) is 0.908. The Morgan fingerprint density at radius 3 is 3.14 bits per heavy atom. The molecule has 1 rings (SSSR count). The second-order valence-electron chi connectivity index (χ2n) is 2.70. The monoisotopic (exact) mass is 209 g/mol. The van der Waals surface area contributed by atoms with E-state index in [-0.39, 0.29) is 5.91 Å². The molecule has 0 spiro atoms. The molecule has 0 unspecified atom stereocenters. The van der Waals surface area contributed by atoms with Gasteiger partial charge in [0, 0.05) is 13.0 Å². The molecule has 14 heavy (non-hydrogen) atoms. The number of amides is 1. The highest BCUT2D eigenvalue weighted by molar-refractivity contribution is 7.07. The van der Waals surface area contributed by atoms with Crippen LogP contribution < -0.4 is 5.32 Å². The Hall–Kier alpha value is -1.41. The van der Waals surface area contributed by atoms with E-state index < -0.39 is 0 Å². The van der Waals surface area contributed by atoms with Gasteiger partial charge in [0.2, 0.25) is 0 Å². The number of unbranched alkanes of at least 4 members (excludes halogenated alkanes) is 2. The van der Waals surface area contributed by atoms with Crippen LogP contribution in [0.25, 0.3) is 0 Å². The zero-order chi connectivity index (χ0) is 10.2. The van der Waals surface area contributed by atoms with Crippen LogP contribution in [-0.2, 0) is 0 Å². The summed E-state index contributed by atoms with van der Waals surface area (Å²) in [5.41, 5.74) is 0. The first-order chi connectivity index (χ1) is 6.84. The summed E-state index contributed by atoms with van der Waals surface area (Å²) >= 11 is 1.09. The predicted molar refractivity (Wildman–Crippen MR) is 54.9 cm³/mol. The quantitative estimate of drug-likeness (QED) is 0.583. The van der Waals surface area contributed by atoms with Crippen molar-refractivity contribution in [1.29, 1.82) is 0 Å². The highest BCUT2D eigenvalue weighted by Gasteiger charge is 2.06. The second-order valence-corrected chi connectivity index (χ2v) is 3.48. The summed E-state index contributed by atoms with van der Waals surface area (Å²) in [7, 11) is 0. The Balaban J connectivity index is 2.14. The molecular formula is C9H11N3OS. The van der Waals surface area contributed by atoms with Gasteiger partial charge in [0.1, 0.15) is 4.88 Å². The fourth-order valence-corrected chi connectivity index (χ4v) is 1.34. The van der Waals surface area contributed by atoms with Crippen LogP contribution in [0.4, 0.5) is 0 Å². The Kier molecular flexibility index (Phi) is 4.65. The molecule has 0 radical (unpaired) electrons. The van der Waals surface area contributed by atoms with Crippen molar-refractivity contribution in [2.24, 2.45) is 0 Å². The van der Waals surface area contributed by atoms with E-state index in [1.807, 2.05) is 0 Å². The highest BCUT2D eigenvalue weighted by atomic mass is 32.1. The van der Waals surface area contributed by atoms with Gasteiger partial charge >= 0.3 is 0 Å². The van der Waals surface area contributed by atoms with Crippen molar-refractivity contribution in [2.45, 2.75) is 19.3 Å². The Morgan fingerprint density at radius 2 is 2.50 bits per heavy atom. The molecule has 0 fully saturated rings. The van der Waals surface area contributed by atoms with Crippen LogP contribution in [0.1, 0.15) is 28.9 Å². The van der Waals surface area contributed by atoms with Crippen LogP contribution in [0, 0.1) is 12.3 Å². The fraction of sp³-hybridized carbons (Fsp3) is 0.444. The topological polar surface area (TPSA) is 54.9 Å². The summed E-state index contributed by atoms with van der Waals surface area (Å²) in [5, 5.41) is 6.35. The smallest absolute Gasteiger partial charge is 0.264 e. The number of hydrogen-bond donors (Lipinski definition) is 1. The van der Waals surface area contributed by atoms with E-state index >= 15 is 0 Å². The molecule has 0 aliphatic heterocycles. The SMILES string of the molecule is C#CCCCCNC(=O)c1cnns1. The van der Waals surface area contributed by atoms with Crippen molar-refractivity contribution in [2.75, 3.05) is 6.54 Å². The molecule has 0 saturated heterocycles. The molecule has 0 saturated carbocycles. The minimum absolute atomic E-state index is 0.110. The zero-order valence-corrected chi connectivity index (χ0v) is 8.51. The first-order valence-corrected chi connectivity index (χ1v) is 5.11. The van der Waals surface area contributed by atoms with E-state index in [0.717, 1.165) is 30.8 Å². The average molecular weight is 209 g/mol. The van der Waals surface area contributed by atoms with Gasteiger partial charge in [0.25, 0.3) is 5.91 Å². The average Bonchev–Trinajstić information content (AvgIpc) is 2.70. The van der Waals surface area contributed by atoms with Crippen molar-refractivity contribution < 1.29 is 4.79 Å². The molecule has 74 valence electrons. The van der Waals surface area contributed by atoms with E-state index in [2.05, 4.69) is 20.8 Å². The van der Waals surface area contributed by atoms with Gasteiger partial charge in [-0.3, -0.25) is 4.79 Å². The molecular weight excluding hydrogens is 198 g/mol. The van der Waals surface area contributed by atoms with E-state index in [0.29, 0.717) is 11.4 Å². The highest BCUT2D eigenvalue weighted by Crippen LogP contribution is 2.01. The van der Waals surface area contributed by atoms with Gasteiger partial charge in [-0.25, -0.2) is 0 Å². The molecule has 1 N–H and O–H groups in total. The van der Waals surface area contributed by atoms with Gasteiger partial charge in [0.05, 0.1) is 6.20 Å². The molecule has 1 heterocycles. The molecule has 0 bridgehead atoms. The number of carbonyl (C=O) groups excluding carboxylic acids is 1. The maximum absolute atomic E-state index is 11.3. The van der Waals surface area contributed by atoms with Crippen molar-refractivity contribution in [3.05, 3.63) is 11.1 Å². The standard InChI is InChI=1S/C9H11N3OS/c1-2-3-4-5-6-10-9(13)8-7-11-12-14-8/h1,7H,3-6H2,(H,10,13). The van der Waals surface area contributed by atoms with E-state index in [1.165, 1.54) is 6.20 Å². The molecule has 4 nitrogen and oxygen atoms in total. The number of nitrogens with zero attached hydrogens (tertiary/aromatic N) is 2. The molecule has 0 aliphatic carbocycles. The zero-order valence-electron chi connectivity index (χ0n) is 7.69. The van der Waals surface area contributed by atoms with Crippen molar-refractivity contribution >= 4 is 17.4 Å². The van der Waals surface area contributed by atoms with Gasteiger partial charge in [-0.15, -0.1) is 17.4 Å². The number of aromatic nitrogens is 2. The van der Waals surface area contributed by atoms with Gasteiger partial charge < -0.3 is 5.32 Å². The van der Waals surface area contributed by atoms with Crippen molar-refractivity contribution in [3.8, 4) is 12.3 Å². The molecule has 0 aliphatic rings. The van der Waals surface area contributed by atoms with Crippen LogP contribution in [0.3, 0.4) is 0 Å². The number of terminal acetylenes is 1. The molecule has 0 atom stereocenters. The first kappa shape index (κ1) is 10.7. The van der Waals surface area contributed by atoms with Crippen molar-refractivity contribution in [1.82, 2.24) is 14.9 Å². The van der Waals surface area contributed by atoms with Gasteiger partial charge in [0.15, 0.2) is 0 Å². The number of hydrogen-bond acceptors (Lipinski definition) is 4. The lowest BCUT2D eigenvalue weighted by molar-refractivity contribution is 0.0957. The van der Waals surface area contributed by atoms with E-state index in [9.17, 15) is 4.79 Å². The lowest BCUT2D eigenvalue weighted by Gasteiger charge is -2.00. The van der Waals surface area contributed by atoms with E-state index in [1.54, 1.807) is 0 Å². The molecule has 0 aromatic carbocycles. The third kappa shape index (κ3) is 3.54. The molecule has 5 heteroatoms. The summed E-state index contributed by atoms with van der Waals surface area (Å²) in [5.74, 6) is 2.44. The molecule has 1 aromatic heterocycles. The summed E-state index contributed by atoms with van der Waals surface area (Å²) < 4.78 is 3.61. The molecule has 1 amide bonds. The number of rotatable bonds is 5. The number of carbonyl (C=O) groups is 1. The lowest BCUT2D eigenvalue weighted by Crippen LogP contribution is -2.23. The van der Waals surface area contributed by atoms with Gasteiger partial charge in [-0.1, -0.05) is 4.49 Å². The van der Waals surface area contributed by atoms with Crippen LogP contribution in [0.15, 0.2) is 6.20 Å². The second kappa shape index (κ2) is 6.11. The third-order valence-corrected chi connectivity index (χ3v) is 2.28. The van der Waals surface area contributed by atoms with E-state index in [4.69, 9.17) is 6.42 Å². The van der Waals surface area contributed by atoms with Crippen LogP contribution in [-0.4, -0.2) is 22.0 Å². The summed E-state index contributed by atoms with van der Waals surface area (Å²) in [6.45, 7) is 0.651. The summed E-state index contributed by atoms with van der Waals surface area (Å²) in [6, 6.07) is 0. The maximum atomic E-state index is 11.3. The normalized spacial score (nSPS) is 9.36. The van der Waals surface area contributed by atoms with Crippen molar-refractivity contribution in [3.63, 3.8) is 0 Å².